The smallest absolute Gasteiger partial charge is 0.267 e. The molecule has 4 rings (SSSR count). The number of carbonyl (C=O) groups excluding carboxylic acids is 1. The van der Waals surface area contributed by atoms with Crippen molar-refractivity contribution in [2.24, 2.45) is 0 Å². The van der Waals surface area contributed by atoms with E-state index in [4.69, 9.17) is 0 Å². The first-order chi connectivity index (χ1) is 13.1. The average Bonchev–Trinajstić information content (AvgIpc) is 3.42. The molecule has 27 heavy (non-hydrogen) atoms. The lowest BCUT2D eigenvalue weighted by molar-refractivity contribution is 0.103. The number of hydrogen-bond donors (Lipinski definition) is 1. The number of nitrogens with one attached hydrogen (secondary N) is 1. The first-order valence-electron chi connectivity index (χ1n) is 9.21. The van der Waals surface area contributed by atoms with Crippen LogP contribution in [-0.4, -0.2) is 32.1 Å². The summed E-state index contributed by atoms with van der Waals surface area (Å²) in [7, 11) is 0. The van der Waals surface area contributed by atoms with Gasteiger partial charge in [0.15, 0.2) is 5.13 Å². The van der Waals surface area contributed by atoms with E-state index < -0.39 is 0 Å². The normalized spacial score (nSPS) is 17.5. The Labute approximate surface area is 166 Å². The molecule has 1 amide bonds. The molecule has 3 aromatic heterocycles. The number of aryl methyl sites for hydroxylation is 2. The Balaban J connectivity index is 1.46. The summed E-state index contributed by atoms with van der Waals surface area (Å²) in [5, 5.41) is 9.93. The van der Waals surface area contributed by atoms with Crippen molar-refractivity contribution < 1.29 is 4.79 Å². The topological polar surface area (TPSA) is 63.1 Å². The molecule has 1 fully saturated rings. The number of amides is 1. The van der Waals surface area contributed by atoms with Gasteiger partial charge in [-0.1, -0.05) is 0 Å². The summed E-state index contributed by atoms with van der Waals surface area (Å²) >= 11 is 3.02. The number of hydrogen-bond acceptors (Lipinski definition) is 6. The summed E-state index contributed by atoms with van der Waals surface area (Å²) in [5.74, 6) is -0.0780. The van der Waals surface area contributed by atoms with Gasteiger partial charge in [-0.2, -0.15) is 5.10 Å². The van der Waals surface area contributed by atoms with Crippen molar-refractivity contribution in [1.29, 1.82) is 0 Å². The van der Waals surface area contributed by atoms with Gasteiger partial charge in [-0.25, -0.2) is 4.98 Å². The highest BCUT2D eigenvalue weighted by Crippen LogP contribution is 2.37. The number of likely N-dealkylation sites (tertiary alicyclic amines) is 1. The van der Waals surface area contributed by atoms with Gasteiger partial charge >= 0.3 is 0 Å². The molecule has 0 bridgehead atoms. The summed E-state index contributed by atoms with van der Waals surface area (Å²) in [5.41, 5.74) is 2.40. The fourth-order valence-corrected chi connectivity index (χ4v) is 5.13. The van der Waals surface area contributed by atoms with Crippen molar-refractivity contribution in [3.05, 3.63) is 50.9 Å². The third-order valence-electron chi connectivity index (χ3n) is 4.94. The summed E-state index contributed by atoms with van der Waals surface area (Å²) in [4.78, 5) is 21.1. The van der Waals surface area contributed by atoms with Crippen molar-refractivity contribution in [1.82, 2.24) is 19.7 Å². The predicted octanol–water partition coefficient (Wildman–Crippen LogP) is 4.32. The third kappa shape index (κ3) is 3.97. The van der Waals surface area contributed by atoms with Gasteiger partial charge in [-0.15, -0.1) is 22.7 Å². The summed E-state index contributed by atoms with van der Waals surface area (Å²) in [6.45, 7) is 7.08. The van der Waals surface area contributed by atoms with Crippen molar-refractivity contribution in [3.8, 4) is 0 Å². The van der Waals surface area contributed by atoms with E-state index in [0.717, 1.165) is 36.6 Å². The molecule has 1 aliphatic rings. The number of carbonyl (C=O) groups is 1. The van der Waals surface area contributed by atoms with Crippen molar-refractivity contribution in [2.75, 3.05) is 11.9 Å². The van der Waals surface area contributed by atoms with Crippen LogP contribution in [0.25, 0.3) is 0 Å². The summed E-state index contributed by atoms with van der Waals surface area (Å²) in [6.07, 6.45) is 6.17. The molecule has 0 aromatic carbocycles. The van der Waals surface area contributed by atoms with Crippen LogP contribution < -0.4 is 5.32 Å². The second kappa shape index (κ2) is 7.92. The Morgan fingerprint density at radius 1 is 1.41 bits per heavy atom. The Hall–Kier alpha value is -2.03. The Morgan fingerprint density at radius 3 is 3.04 bits per heavy atom. The number of thiazole rings is 1. The molecule has 1 atom stereocenters. The van der Waals surface area contributed by atoms with E-state index >= 15 is 0 Å². The maximum absolute atomic E-state index is 12.4. The van der Waals surface area contributed by atoms with Crippen LogP contribution >= 0.6 is 22.7 Å². The van der Waals surface area contributed by atoms with Crippen LogP contribution in [0.15, 0.2) is 29.9 Å². The molecule has 4 heterocycles. The van der Waals surface area contributed by atoms with Gasteiger partial charge in [-0.05, 0) is 45.4 Å². The fourth-order valence-electron chi connectivity index (χ4n) is 3.53. The highest BCUT2D eigenvalue weighted by atomic mass is 32.1. The Kier molecular flexibility index (Phi) is 5.38. The van der Waals surface area contributed by atoms with E-state index in [9.17, 15) is 4.79 Å². The molecule has 0 spiro atoms. The van der Waals surface area contributed by atoms with Crippen LogP contribution in [-0.2, 0) is 13.1 Å². The van der Waals surface area contributed by atoms with Gasteiger partial charge in [0.25, 0.3) is 5.91 Å². The van der Waals surface area contributed by atoms with Gasteiger partial charge < -0.3 is 0 Å². The number of thiophene rings is 1. The lowest BCUT2D eigenvalue weighted by Gasteiger charge is -2.23. The molecular weight excluding hydrogens is 378 g/mol. The van der Waals surface area contributed by atoms with Gasteiger partial charge in [0, 0.05) is 47.3 Å². The van der Waals surface area contributed by atoms with Crippen LogP contribution in [0.5, 0.6) is 0 Å². The van der Waals surface area contributed by atoms with Crippen LogP contribution in [0.3, 0.4) is 0 Å². The first-order valence-corrected chi connectivity index (χ1v) is 10.9. The monoisotopic (exact) mass is 401 g/mol. The maximum atomic E-state index is 12.4. The van der Waals surface area contributed by atoms with Gasteiger partial charge in [0.05, 0.1) is 10.6 Å². The average molecular weight is 402 g/mol. The van der Waals surface area contributed by atoms with Crippen LogP contribution in [0.2, 0.25) is 0 Å². The van der Waals surface area contributed by atoms with E-state index in [1.54, 1.807) is 17.5 Å². The molecular formula is C19H23N5OS2. The quantitative estimate of drug-likeness (QED) is 0.668. The molecule has 1 aliphatic heterocycles. The summed E-state index contributed by atoms with van der Waals surface area (Å²) < 4.78 is 2.00. The molecule has 1 N–H and O–H groups in total. The zero-order valence-electron chi connectivity index (χ0n) is 15.5. The van der Waals surface area contributed by atoms with Crippen LogP contribution in [0, 0.1) is 6.92 Å². The minimum absolute atomic E-state index is 0.0780. The van der Waals surface area contributed by atoms with E-state index in [1.807, 2.05) is 16.1 Å². The largest absolute Gasteiger partial charge is 0.297 e. The van der Waals surface area contributed by atoms with Gasteiger partial charge in [0.1, 0.15) is 0 Å². The van der Waals surface area contributed by atoms with E-state index in [0.29, 0.717) is 11.2 Å². The van der Waals surface area contributed by atoms with Crippen molar-refractivity contribution in [3.63, 3.8) is 0 Å². The standard InChI is InChI=1S/C19H23N5OS2/c1-3-24-12-14(13(2)22-24)11-23-9-4-5-15(23)16-6-7-17(27-16)18(25)21-19-20-8-10-26-19/h6-8,10,12,15H,3-5,9,11H2,1-2H3,(H,20,21,25). The molecule has 0 radical (unpaired) electrons. The van der Waals surface area contributed by atoms with Crippen LogP contribution in [0.4, 0.5) is 5.13 Å². The molecule has 3 aromatic rings. The molecule has 1 saturated heterocycles. The Morgan fingerprint density at radius 2 is 2.30 bits per heavy atom. The van der Waals surface area contributed by atoms with Crippen molar-refractivity contribution >= 4 is 33.7 Å². The molecule has 0 saturated carbocycles. The fraction of sp³-hybridized carbons (Fsp3) is 0.421. The second-order valence-electron chi connectivity index (χ2n) is 6.72. The lowest BCUT2D eigenvalue weighted by atomic mass is 10.1. The molecule has 8 heteroatoms. The number of rotatable bonds is 6. The van der Waals surface area contributed by atoms with E-state index in [-0.39, 0.29) is 5.91 Å². The number of anilines is 1. The second-order valence-corrected chi connectivity index (χ2v) is 8.73. The molecule has 1 unspecified atom stereocenters. The maximum Gasteiger partial charge on any atom is 0.267 e. The lowest BCUT2D eigenvalue weighted by Crippen LogP contribution is -2.22. The number of nitrogens with zero attached hydrogens (tertiary/aromatic N) is 4. The molecule has 142 valence electrons. The summed E-state index contributed by atoms with van der Waals surface area (Å²) in [6, 6.07) is 4.41. The third-order valence-corrected chi connectivity index (χ3v) is 6.81. The highest BCUT2D eigenvalue weighted by Gasteiger charge is 2.28. The van der Waals surface area contributed by atoms with E-state index in [2.05, 4.69) is 46.4 Å². The number of aromatic nitrogens is 3. The zero-order valence-corrected chi connectivity index (χ0v) is 17.1. The highest BCUT2D eigenvalue weighted by molar-refractivity contribution is 7.15. The van der Waals surface area contributed by atoms with Gasteiger partial charge in [0.2, 0.25) is 0 Å². The minimum atomic E-state index is -0.0780. The van der Waals surface area contributed by atoms with E-state index in [1.165, 1.54) is 28.2 Å². The Bertz CT molecular complexity index is 915. The zero-order chi connectivity index (χ0) is 18.8. The van der Waals surface area contributed by atoms with Gasteiger partial charge in [-0.3, -0.25) is 19.7 Å². The predicted molar refractivity (Wildman–Crippen MR) is 109 cm³/mol. The first kappa shape index (κ1) is 18.3. The van der Waals surface area contributed by atoms with Crippen molar-refractivity contribution in [2.45, 2.75) is 45.8 Å². The molecule has 6 nitrogen and oxygen atoms in total. The molecule has 0 aliphatic carbocycles. The SMILES string of the molecule is CCn1cc(CN2CCCC2c2ccc(C(=O)Nc3nccs3)s2)c(C)n1. The van der Waals surface area contributed by atoms with Crippen LogP contribution in [0.1, 0.15) is 51.6 Å². The minimum Gasteiger partial charge on any atom is -0.297 e.